The predicted molar refractivity (Wildman–Crippen MR) is 274 cm³/mol. The fourth-order valence-electron chi connectivity index (χ4n) is 7.59. The highest BCUT2D eigenvalue weighted by Crippen LogP contribution is 2.16. The monoisotopic (exact) mass is 893 g/mol. The number of carbonyl (C=O) groups is 3. The Balaban J connectivity index is 4.41. The molecule has 0 radical (unpaired) electrons. The maximum Gasteiger partial charge on any atom is 0.306 e. The van der Waals surface area contributed by atoms with Crippen LogP contribution in [0, 0.1) is 0 Å². The molecule has 368 valence electrons. The molecule has 0 aromatic heterocycles. The third kappa shape index (κ3) is 49.9. The molecular formula is C58H100O6. The third-order valence-electron chi connectivity index (χ3n) is 11.6. The van der Waals surface area contributed by atoms with Crippen LogP contribution in [0.3, 0.4) is 0 Å². The number of ether oxygens (including phenoxy) is 3. The molecule has 0 aromatic rings. The molecular weight excluding hydrogens is 793 g/mol. The van der Waals surface area contributed by atoms with E-state index in [0.717, 1.165) is 64.2 Å². The van der Waals surface area contributed by atoms with Crippen molar-refractivity contribution in [1.29, 1.82) is 0 Å². The molecule has 0 aliphatic carbocycles. The van der Waals surface area contributed by atoms with Crippen LogP contribution in [-0.4, -0.2) is 37.2 Å². The average molecular weight is 893 g/mol. The number of carbonyl (C=O) groups excluding carboxylic acids is 3. The average Bonchev–Trinajstić information content (AvgIpc) is 3.29. The number of hydrogen-bond donors (Lipinski definition) is 0. The molecule has 0 fully saturated rings. The van der Waals surface area contributed by atoms with Crippen LogP contribution < -0.4 is 0 Å². The van der Waals surface area contributed by atoms with Crippen molar-refractivity contribution in [2.75, 3.05) is 13.2 Å². The Bertz CT molecular complexity index is 1210. The van der Waals surface area contributed by atoms with Crippen LogP contribution in [0.25, 0.3) is 0 Å². The first-order valence-corrected chi connectivity index (χ1v) is 27.0. The van der Waals surface area contributed by atoms with Crippen LogP contribution in [0.2, 0.25) is 0 Å². The van der Waals surface area contributed by atoms with E-state index in [0.29, 0.717) is 19.3 Å². The first-order valence-electron chi connectivity index (χ1n) is 27.0. The molecule has 1 unspecified atom stereocenters. The fraction of sp³-hybridized carbons (Fsp3) is 0.741. The second-order valence-corrected chi connectivity index (χ2v) is 17.9. The van der Waals surface area contributed by atoms with E-state index >= 15 is 0 Å². The lowest BCUT2D eigenvalue weighted by molar-refractivity contribution is -0.167. The number of unbranched alkanes of at least 4 members (excludes halogenated alkanes) is 30. The van der Waals surface area contributed by atoms with Crippen LogP contribution in [0.4, 0.5) is 0 Å². The SMILES string of the molecule is CC\C=C/C=C\C=C/C=C\C=C\C=C/CCCCCC(=O)OC(COC(=O)CCCCCCCCCCCCC)COC(=O)CCCCCCCCCCCCCCCCCCCC. The van der Waals surface area contributed by atoms with Crippen molar-refractivity contribution in [2.45, 2.75) is 264 Å². The molecule has 0 rings (SSSR count). The van der Waals surface area contributed by atoms with Gasteiger partial charge in [-0.05, 0) is 38.5 Å². The summed E-state index contributed by atoms with van der Waals surface area (Å²) >= 11 is 0. The van der Waals surface area contributed by atoms with Crippen LogP contribution in [-0.2, 0) is 28.6 Å². The van der Waals surface area contributed by atoms with Gasteiger partial charge < -0.3 is 14.2 Å². The summed E-state index contributed by atoms with van der Waals surface area (Å²) in [7, 11) is 0. The molecule has 0 saturated heterocycles. The Morgan fingerprint density at radius 1 is 0.328 bits per heavy atom. The zero-order chi connectivity index (χ0) is 46.5. The largest absolute Gasteiger partial charge is 0.462 e. The van der Waals surface area contributed by atoms with Gasteiger partial charge in [0.05, 0.1) is 0 Å². The molecule has 0 heterocycles. The van der Waals surface area contributed by atoms with Gasteiger partial charge in [0, 0.05) is 19.3 Å². The fourth-order valence-corrected chi connectivity index (χ4v) is 7.59. The van der Waals surface area contributed by atoms with Gasteiger partial charge in [0.2, 0.25) is 0 Å². The lowest BCUT2D eigenvalue weighted by atomic mass is 10.0. The van der Waals surface area contributed by atoms with Gasteiger partial charge in [-0.25, -0.2) is 0 Å². The second kappa shape index (κ2) is 52.5. The lowest BCUT2D eigenvalue weighted by Crippen LogP contribution is -2.30. The molecule has 0 amide bonds. The highest BCUT2D eigenvalue weighted by Gasteiger charge is 2.19. The zero-order valence-electron chi connectivity index (χ0n) is 42.0. The normalized spacial score (nSPS) is 12.6. The Labute approximate surface area is 395 Å². The van der Waals surface area contributed by atoms with Crippen molar-refractivity contribution >= 4 is 17.9 Å². The van der Waals surface area contributed by atoms with E-state index in [-0.39, 0.29) is 37.5 Å². The minimum atomic E-state index is -0.795. The number of rotatable bonds is 48. The molecule has 6 nitrogen and oxygen atoms in total. The van der Waals surface area contributed by atoms with Crippen LogP contribution >= 0.6 is 0 Å². The Hall–Kier alpha value is -3.15. The summed E-state index contributed by atoms with van der Waals surface area (Å²) in [6.07, 6.45) is 66.0. The molecule has 0 aliphatic heterocycles. The van der Waals surface area contributed by atoms with Gasteiger partial charge >= 0.3 is 17.9 Å². The summed E-state index contributed by atoms with van der Waals surface area (Å²) in [5, 5.41) is 0. The molecule has 0 aliphatic rings. The predicted octanol–water partition coefficient (Wildman–Crippen LogP) is 17.8. The van der Waals surface area contributed by atoms with Crippen molar-refractivity contribution < 1.29 is 28.6 Å². The Morgan fingerprint density at radius 3 is 0.953 bits per heavy atom. The van der Waals surface area contributed by atoms with Crippen molar-refractivity contribution in [2.24, 2.45) is 0 Å². The third-order valence-corrected chi connectivity index (χ3v) is 11.6. The maximum absolute atomic E-state index is 12.8. The van der Waals surface area contributed by atoms with Crippen molar-refractivity contribution in [1.82, 2.24) is 0 Å². The molecule has 64 heavy (non-hydrogen) atoms. The molecule has 6 heteroatoms. The second-order valence-electron chi connectivity index (χ2n) is 17.9. The topological polar surface area (TPSA) is 78.9 Å². The first-order chi connectivity index (χ1) is 31.5. The molecule has 0 N–H and O–H groups in total. The van der Waals surface area contributed by atoms with E-state index in [9.17, 15) is 14.4 Å². The maximum atomic E-state index is 12.8. The van der Waals surface area contributed by atoms with Crippen molar-refractivity contribution in [3.63, 3.8) is 0 Å². The summed E-state index contributed by atoms with van der Waals surface area (Å²) in [6.45, 7) is 6.47. The first kappa shape index (κ1) is 60.9. The van der Waals surface area contributed by atoms with Gasteiger partial charge in [0.1, 0.15) is 13.2 Å². The summed E-state index contributed by atoms with van der Waals surface area (Å²) < 4.78 is 16.8. The number of hydrogen-bond acceptors (Lipinski definition) is 6. The van der Waals surface area contributed by atoms with Crippen molar-refractivity contribution in [3.8, 4) is 0 Å². The number of esters is 3. The number of allylic oxidation sites excluding steroid dienone is 12. The summed E-state index contributed by atoms with van der Waals surface area (Å²) in [6, 6.07) is 0. The summed E-state index contributed by atoms with van der Waals surface area (Å²) in [4.78, 5) is 38.0. The zero-order valence-corrected chi connectivity index (χ0v) is 42.0. The van der Waals surface area contributed by atoms with Gasteiger partial charge in [-0.15, -0.1) is 0 Å². The highest BCUT2D eigenvalue weighted by molar-refractivity contribution is 5.71. The van der Waals surface area contributed by atoms with E-state index in [1.54, 1.807) is 0 Å². The smallest absolute Gasteiger partial charge is 0.306 e. The lowest BCUT2D eigenvalue weighted by Gasteiger charge is -2.18. The minimum absolute atomic E-state index is 0.0905. The highest BCUT2D eigenvalue weighted by atomic mass is 16.6. The van der Waals surface area contributed by atoms with Gasteiger partial charge in [-0.1, -0.05) is 273 Å². The van der Waals surface area contributed by atoms with Crippen LogP contribution in [0.1, 0.15) is 258 Å². The minimum Gasteiger partial charge on any atom is -0.462 e. The van der Waals surface area contributed by atoms with E-state index in [4.69, 9.17) is 14.2 Å². The molecule has 0 saturated carbocycles. The summed E-state index contributed by atoms with van der Waals surface area (Å²) in [5.74, 6) is -0.927. The molecule has 1 atom stereocenters. The quantitative estimate of drug-likeness (QED) is 0.0262. The molecule has 0 aromatic carbocycles. The van der Waals surface area contributed by atoms with Crippen LogP contribution in [0.5, 0.6) is 0 Å². The summed E-state index contributed by atoms with van der Waals surface area (Å²) in [5.41, 5.74) is 0. The molecule has 0 bridgehead atoms. The van der Waals surface area contributed by atoms with Gasteiger partial charge in [-0.2, -0.15) is 0 Å². The van der Waals surface area contributed by atoms with E-state index < -0.39 is 6.10 Å². The standard InChI is InChI=1S/C58H100O6/c1-4-7-10-13-16-19-22-24-26-28-30-31-33-36-39-42-45-48-51-57(60)63-54-55(53-62-56(59)50-47-44-41-38-35-21-18-15-12-9-6-3)64-58(61)52-49-46-43-40-37-34-32-29-27-25-23-20-17-14-11-8-5-2/h8,11,14,17,20,23,25,27,29,32,34,37,55H,4-7,9-10,12-13,15-16,18-19,21-22,24,26,28,30-31,33,35-36,38-54H2,1-3H3/b11-8-,17-14-,23-20-,27-25-,32-29+,37-34-. The van der Waals surface area contributed by atoms with Gasteiger partial charge in [0.15, 0.2) is 6.10 Å². The van der Waals surface area contributed by atoms with E-state index in [1.165, 1.54) is 148 Å². The molecule has 0 spiro atoms. The van der Waals surface area contributed by atoms with Crippen LogP contribution in [0.15, 0.2) is 72.9 Å². The van der Waals surface area contributed by atoms with Gasteiger partial charge in [-0.3, -0.25) is 14.4 Å². The van der Waals surface area contributed by atoms with E-state index in [2.05, 4.69) is 32.9 Å². The Morgan fingerprint density at radius 2 is 0.609 bits per heavy atom. The van der Waals surface area contributed by atoms with Gasteiger partial charge in [0.25, 0.3) is 0 Å². The Kier molecular flexibility index (Phi) is 49.9. The van der Waals surface area contributed by atoms with E-state index in [1.807, 2.05) is 60.8 Å². The van der Waals surface area contributed by atoms with Crippen molar-refractivity contribution in [3.05, 3.63) is 72.9 Å².